The number of piperidine rings is 1. The number of benzene rings is 1. The molecule has 0 bridgehead atoms. The van der Waals surface area contributed by atoms with E-state index in [0.717, 1.165) is 42.6 Å². The van der Waals surface area contributed by atoms with Crippen molar-refractivity contribution < 1.29 is 4.74 Å². The molecule has 1 aromatic carbocycles. The lowest BCUT2D eigenvalue weighted by Crippen LogP contribution is -2.34. The average molecular weight is 293 g/mol. The number of H-pyrrole nitrogens is 1. The Kier molecular flexibility index (Phi) is 3.57. The first-order valence-corrected chi connectivity index (χ1v) is 7.23. The van der Waals surface area contributed by atoms with Crippen molar-refractivity contribution in [2.75, 3.05) is 25.1 Å². The Balaban J connectivity index is 2.18. The third-order valence-electron chi connectivity index (χ3n) is 3.81. The number of hydrogen-bond donors (Lipinski definition) is 1. The maximum Gasteiger partial charge on any atom is 0.273 e. The van der Waals surface area contributed by atoms with Gasteiger partial charge in [-0.15, -0.1) is 0 Å². The van der Waals surface area contributed by atoms with E-state index in [1.807, 2.05) is 18.2 Å². The van der Waals surface area contributed by atoms with Crippen molar-refractivity contribution in [3.05, 3.63) is 33.6 Å². The molecule has 4 nitrogen and oxygen atoms in total. The molecule has 1 N–H and O–H groups in total. The summed E-state index contributed by atoms with van der Waals surface area (Å²) in [5.74, 6) is 0.732. The number of nitrogens with one attached hydrogen (secondary N) is 1. The molecule has 0 unspecified atom stereocenters. The van der Waals surface area contributed by atoms with E-state index < -0.39 is 0 Å². The van der Waals surface area contributed by atoms with Crippen LogP contribution in [0.5, 0.6) is 5.75 Å². The topological polar surface area (TPSA) is 45.3 Å². The molecule has 0 spiro atoms. The number of rotatable bonds is 2. The van der Waals surface area contributed by atoms with Crippen LogP contribution in [-0.4, -0.2) is 25.2 Å². The van der Waals surface area contributed by atoms with Gasteiger partial charge >= 0.3 is 0 Å². The SMILES string of the molecule is COc1ccc2[nH]c(=O)c(N3CCCCC3)c(Cl)c2c1. The summed E-state index contributed by atoms with van der Waals surface area (Å²) in [6, 6.07) is 5.50. The first kappa shape index (κ1) is 13.3. The molecule has 106 valence electrons. The normalized spacial score (nSPS) is 15.6. The number of nitrogens with zero attached hydrogens (tertiary/aromatic N) is 1. The average Bonchev–Trinajstić information content (AvgIpc) is 2.48. The van der Waals surface area contributed by atoms with Crippen LogP contribution in [0.15, 0.2) is 23.0 Å². The van der Waals surface area contributed by atoms with Gasteiger partial charge < -0.3 is 14.6 Å². The van der Waals surface area contributed by atoms with E-state index in [4.69, 9.17) is 16.3 Å². The Hall–Kier alpha value is -1.68. The zero-order chi connectivity index (χ0) is 14.1. The van der Waals surface area contributed by atoms with Gasteiger partial charge in [0.15, 0.2) is 0 Å². The van der Waals surface area contributed by atoms with Crippen LogP contribution >= 0.6 is 11.6 Å². The molecule has 1 aromatic heterocycles. The van der Waals surface area contributed by atoms with Crippen molar-refractivity contribution >= 4 is 28.2 Å². The van der Waals surface area contributed by atoms with Gasteiger partial charge in [0.2, 0.25) is 0 Å². The Labute approximate surface area is 122 Å². The zero-order valence-corrected chi connectivity index (χ0v) is 12.2. The number of aromatic nitrogens is 1. The molecule has 1 aliphatic rings. The molecule has 20 heavy (non-hydrogen) atoms. The molecular weight excluding hydrogens is 276 g/mol. The van der Waals surface area contributed by atoms with Gasteiger partial charge in [-0.2, -0.15) is 0 Å². The monoisotopic (exact) mass is 292 g/mol. The molecule has 0 saturated carbocycles. The Morgan fingerprint density at radius 2 is 2.00 bits per heavy atom. The summed E-state index contributed by atoms with van der Waals surface area (Å²) in [7, 11) is 1.62. The van der Waals surface area contributed by atoms with Crippen LogP contribution in [0.2, 0.25) is 5.02 Å². The molecule has 0 atom stereocenters. The molecular formula is C15H17ClN2O2. The predicted molar refractivity (Wildman–Crippen MR) is 82.2 cm³/mol. The molecule has 1 saturated heterocycles. The van der Waals surface area contributed by atoms with E-state index in [1.165, 1.54) is 6.42 Å². The summed E-state index contributed by atoms with van der Waals surface area (Å²) < 4.78 is 5.23. The van der Waals surface area contributed by atoms with Gasteiger partial charge in [0, 0.05) is 18.5 Å². The smallest absolute Gasteiger partial charge is 0.273 e. The lowest BCUT2D eigenvalue weighted by molar-refractivity contribution is 0.415. The van der Waals surface area contributed by atoms with Gasteiger partial charge in [-0.25, -0.2) is 0 Å². The molecule has 5 heteroatoms. The van der Waals surface area contributed by atoms with Crippen molar-refractivity contribution in [1.29, 1.82) is 0 Å². The first-order valence-electron chi connectivity index (χ1n) is 6.85. The second-order valence-corrected chi connectivity index (χ2v) is 5.45. The van der Waals surface area contributed by atoms with Crippen molar-refractivity contribution in [1.82, 2.24) is 4.98 Å². The fourth-order valence-corrected chi connectivity index (χ4v) is 3.11. The van der Waals surface area contributed by atoms with Crippen molar-refractivity contribution in [3.8, 4) is 5.75 Å². The van der Waals surface area contributed by atoms with Crippen LogP contribution in [-0.2, 0) is 0 Å². The second kappa shape index (κ2) is 5.37. The van der Waals surface area contributed by atoms with Gasteiger partial charge in [-0.1, -0.05) is 11.6 Å². The Morgan fingerprint density at radius 3 is 2.70 bits per heavy atom. The highest BCUT2D eigenvalue weighted by Crippen LogP contribution is 2.32. The largest absolute Gasteiger partial charge is 0.497 e. The van der Waals surface area contributed by atoms with E-state index in [9.17, 15) is 4.79 Å². The third kappa shape index (κ3) is 2.24. The highest BCUT2D eigenvalue weighted by atomic mass is 35.5. The number of aromatic amines is 1. The van der Waals surface area contributed by atoms with Crippen LogP contribution < -0.4 is 15.2 Å². The molecule has 0 radical (unpaired) electrons. The standard InChI is InChI=1S/C15H17ClN2O2/c1-20-10-5-6-12-11(9-10)13(16)14(15(19)17-12)18-7-3-2-4-8-18/h5-6,9H,2-4,7-8H2,1H3,(H,17,19). The second-order valence-electron chi connectivity index (χ2n) is 5.08. The number of pyridine rings is 1. The number of methoxy groups -OCH3 is 1. The fraction of sp³-hybridized carbons (Fsp3) is 0.400. The van der Waals surface area contributed by atoms with Gasteiger partial charge in [0.1, 0.15) is 11.4 Å². The lowest BCUT2D eigenvalue weighted by Gasteiger charge is -2.29. The number of ether oxygens (including phenoxy) is 1. The van der Waals surface area contributed by atoms with Crippen molar-refractivity contribution in [2.24, 2.45) is 0 Å². The molecule has 0 amide bonds. The molecule has 2 aromatic rings. The predicted octanol–water partition coefficient (Wildman–Crippen LogP) is 3.18. The minimum atomic E-state index is -0.116. The lowest BCUT2D eigenvalue weighted by atomic mass is 10.1. The van der Waals surface area contributed by atoms with Crippen LogP contribution in [0.4, 0.5) is 5.69 Å². The summed E-state index contributed by atoms with van der Waals surface area (Å²) in [5, 5.41) is 1.34. The number of hydrogen-bond acceptors (Lipinski definition) is 3. The highest BCUT2D eigenvalue weighted by Gasteiger charge is 2.19. The molecule has 2 heterocycles. The first-order chi connectivity index (χ1) is 9.70. The number of anilines is 1. The quantitative estimate of drug-likeness (QED) is 0.924. The van der Waals surface area contributed by atoms with E-state index in [1.54, 1.807) is 7.11 Å². The van der Waals surface area contributed by atoms with Crippen LogP contribution in [0.3, 0.4) is 0 Å². The van der Waals surface area contributed by atoms with Crippen LogP contribution in [0.1, 0.15) is 19.3 Å². The summed E-state index contributed by atoms with van der Waals surface area (Å²) in [4.78, 5) is 17.3. The number of halogens is 1. The summed E-state index contributed by atoms with van der Waals surface area (Å²) in [5.41, 5.74) is 1.21. The minimum Gasteiger partial charge on any atom is -0.497 e. The van der Waals surface area contributed by atoms with E-state index in [-0.39, 0.29) is 5.56 Å². The van der Waals surface area contributed by atoms with E-state index in [2.05, 4.69) is 9.88 Å². The van der Waals surface area contributed by atoms with Crippen molar-refractivity contribution in [2.45, 2.75) is 19.3 Å². The van der Waals surface area contributed by atoms with Gasteiger partial charge in [-0.05, 0) is 37.5 Å². The number of fused-ring (bicyclic) bond motifs is 1. The summed E-state index contributed by atoms with van der Waals surface area (Å²) in [6.07, 6.45) is 3.42. The third-order valence-corrected chi connectivity index (χ3v) is 4.19. The molecule has 3 rings (SSSR count). The molecule has 1 fully saturated rings. The zero-order valence-electron chi connectivity index (χ0n) is 11.4. The molecule has 0 aliphatic carbocycles. The van der Waals surface area contributed by atoms with E-state index in [0.29, 0.717) is 10.7 Å². The maximum atomic E-state index is 12.3. The summed E-state index contributed by atoms with van der Waals surface area (Å²) in [6.45, 7) is 1.77. The van der Waals surface area contributed by atoms with Crippen molar-refractivity contribution in [3.63, 3.8) is 0 Å². The van der Waals surface area contributed by atoms with Crippen LogP contribution in [0.25, 0.3) is 10.9 Å². The summed E-state index contributed by atoms with van der Waals surface area (Å²) >= 11 is 6.49. The van der Waals surface area contributed by atoms with Gasteiger partial charge in [0.25, 0.3) is 5.56 Å². The van der Waals surface area contributed by atoms with E-state index >= 15 is 0 Å². The Bertz CT molecular complexity index is 690. The Morgan fingerprint density at radius 1 is 1.25 bits per heavy atom. The van der Waals surface area contributed by atoms with Gasteiger partial charge in [0.05, 0.1) is 17.6 Å². The minimum absolute atomic E-state index is 0.116. The fourth-order valence-electron chi connectivity index (χ4n) is 2.75. The van der Waals surface area contributed by atoms with Crippen LogP contribution in [0, 0.1) is 0 Å². The molecule has 1 aliphatic heterocycles. The highest BCUT2D eigenvalue weighted by molar-refractivity contribution is 6.38. The maximum absolute atomic E-state index is 12.3. The van der Waals surface area contributed by atoms with Gasteiger partial charge in [-0.3, -0.25) is 4.79 Å².